The fourth-order valence-electron chi connectivity index (χ4n) is 1.95. The molecule has 0 amide bonds. The minimum Gasteiger partial charge on any atom is -0.480 e. The molecule has 0 atom stereocenters. The Hall–Kier alpha value is -2.83. The Morgan fingerprint density at radius 3 is 2.90 bits per heavy atom. The lowest BCUT2D eigenvalue weighted by atomic mass is 10.1. The summed E-state index contributed by atoms with van der Waals surface area (Å²) >= 11 is 0. The van der Waals surface area contributed by atoms with Crippen molar-refractivity contribution in [1.82, 2.24) is 9.78 Å². The van der Waals surface area contributed by atoms with Gasteiger partial charge in [0.15, 0.2) is 17.3 Å². The van der Waals surface area contributed by atoms with Gasteiger partial charge in [0.2, 0.25) is 12.7 Å². The van der Waals surface area contributed by atoms with Gasteiger partial charge in [0.05, 0.1) is 7.11 Å². The molecule has 1 aliphatic rings. The van der Waals surface area contributed by atoms with Gasteiger partial charge < -0.3 is 14.2 Å². The summed E-state index contributed by atoms with van der Waals surface area (Å²) in [6, 6.07) is 7.64. The molecule has 0 radical (unpaired) electrons. The number of Topliss-reactive ketones (excluding diaryl/α,β-unsaturated/α-hetero) is 1. The monoisotopic (exact) mass is 288 g/mol. The zero-order valence-electron chi connectivity index (χ0n) is 11.2. The van der Waals surface area contributed by atoms with Gasteiger partial charge in [-0.3, -0.25) is 9.59 Å². The SMILES string of the molecule is COc1ccc(=O)n(CC(=O)c2ccc3c(c2)OCO3)n1. The predicted molar refractivity (Wildman–Crippen MR) is 71.9 cm³/mol. The Morgan fingerprint density at radius 1 is 1.29 bits per heavy atom. The summed E-state index contributed by atoms with van der Waals surface area (Å²) in [5.74, 6) is 1.14. The van der Waals surface area contributed by atoms with Crippen molar-refractivity contribution in [3.8, 4) is 17.4 Å². The number of ether oxygens (including phenoxy) is 3. The van der Waals surface area contributed by atoms with E-state index in [4.69, 9.17) is 14.2 Å². The third-order valence-corrected chi connectivity index (χ3v) is 3.04. The first-order valence-electron chi connectivity index (χ1n) is 6.22. The predicted octanol–water partition coefficient (Wildman–Crippen LogP) is 0.863. The summed E-state index contributed by atoms with van der Waals surface area (Å²) in [6.07, 6.45) is 0. The molecule has 0 unspecified atom stereocenters. The van der Waals surface area contributed by atoms with Crippen molar-refractivity contribution in [2.24, 2.45) is 0 Å². The highest BCUT2D eigenvalue weighted by atomic mass is 16.7. The molecule has 7 nitrogen and oxygen atoms in total. The smallest absolute Gasteiger partial charge is 0.267 e. The van der Waals surface area contributed by atoms with Crippen LogP contribution in [0.2, 0.25) is 0 Å². The van der Waals surface area contributed by atoms with Gasteiger partial charge in [-0.15, -0.1) is 5.10 Å². The van der Waals surface area contributed by atoms with Crippen LogP contribution in [0.1, 0.15) is 10.4 Å². The normalized spacial score (nSPS) is 12.2. The number of hydrogen-bond acceptors (Lipinski definition) is 6. The van der Waals surface area contributed by atoms with Gasteiger partial charge >= 0.3 is 0 Å². The number of hydrogen-bond donors (Lipinski definition) is 0. The molecule has 0 saturated carbocycles. The van der Waals surface area contributed by atoms with E-state index in [-0.39, 0.29) is 30.6 Å². The second-order valence-corrected chi connectivity index (χ2v) is 4.36. The zero-order chi connectivity index (χ0) is 14.8. The van der Waals surface area contributed by atoms with Gasteiger partial charge in [0, 0.05) is 17.7 Å². The number of carbonyl (C=O) groups is 1. The summed E-state index contributed by atoms with van der Waals surface area (Å²) in [7, 11) is 1.44. The second-order valence-electron chi connectivity index (χ2n) is 4.36. The lowest BCUT2D eigenvalue weighted by Gasteiger charge is -2.06. The van der Waals surface area contributed by atoms with Crippen LogP contribution in [0.25, 0.3) is 0 Å². The van der Waals surface area contributed by atoms with Crippen molar-refractivity contribution in [2.75, 3.05) is 13.9 Å². The number of nitrogens with zero attached hydrogens (tertiary/aromatic N) is 2. The first kappa shape index (κ1) is 13.2. The molecule has 7 heteroatoms. The molecule has 1 aromatic heterocycles. The Balaban J connectivity index is 1.85. The molecular weight excluding hydrogens is 276 g/mol. The Labute approximate surface area is 119 Å². The third kappa shape index (κ3) is 2.58. The number of rotatable bonds is 4. The number of aromatic nitrogens is 2. The zero-order valence-corrected chi connectivity index (χ0v) is 11.2. The van der Waals surface area contributed by atoms with Crippen LogP contribution in [0.3, 0.4) is 0 Å². The molecular formula is C14H12N2O5. The van der Waals surface area contributed by atoms with Crippen molar-refractivity contribution in [2.45, 2.75) is 6.54 Å². The average Bonchev–Trinajstić information content (AvgIpc) is 2.96. The Morgan fingerprint density at radius 2 is 2.10 bits per heavy atom. The maximum absolute atomic E-state index is 12.2. The van der Waals surface area contributed by atoms with Gasteiger partial charge in [-0.05, 0) is 18.2 Å². The minimum atomic E-state index is -0.370. The molecule has 1 aliphatic heterocycles. The van der Waals surface area contributed by atoms with E-state index in [2.05, 4.69) is 5.10 Å². The van der Waals surface area contributed by atoms with Crippen molar-refractivity contribution in [3.63, 3.8) is 0 Å². The summed E-state index contributed by atoms with van der Waals surface area (Å²) in [4.78, 5) is 23.9. The molecule has 0 spiro atoms. The van der Waals surface area contributed by atoms with Crippen LogP contribution < -0.4 is 19.8 Å². The average molecular weight is 288 g/mol. The standard InChI is InChI=1S/C14H12N2O5/c1-19-13-4-5-14(18)16(15-13)7-10(17)9-2-3-11-12(6-9)21-8-20-11/h2-6H,7-8H2,1H3. The largest absolute Gasteiger partial charge is 0.480 e. The van der Waals surface area contributed by atoms with Crippen LogP contribution in [0.5, 0.6) is 17.4 Å². The second kappa shape index (κ2) is 5.28. The van der Waals surface area contributed by atoms with Crippen molar-refractivity contribution in [3.05, 3.63) is 46.2 Å². The fraction of sp³-hybridized carbons (Fsp3) is 0.214. The first-order valence-corrected chi connectivity index (χ1v) is 6.22. The third-order valence-electron chi connectivity index (χ3n) is 3.04. The van der Waals surface area contributed by atoms with Crippen molar-refractivity contribution < 1.29 is 19.0 Å². The van der Waals surface area contributed by atoms with Gasteiger partial charge in [0.25, 0.3) is 5.56 Å². The molecule has 1 aromatic carbocycles. The molecule has 0 fully saturated rings. The van der Waals surface area contributed by atoms with Crippen LogP contribution >= 0.6 is 0 Å². The van der Waals surface area contributed by atoms with Crippen molar-refractivity contribution in [1.29, 1.82) is 0 Å². The van der Waals surface area contributed by atoms with E-state index >= 15 is 0 Å². The van der Waals surface area contributed by atoms with Crippen LogP contribution in [0.4, 0.5) is 0 Å². The van der Waals surface area contributed by atoms with Crippen LogP contribution in [0, 0.1) is 0 Å². The van der Waals surface area contributed by atoms with Crippen LogP contribution in [-0.4, -0.2) is 29.5 Å². The first-order chi connectivity index (χ1) is 10.2. The Kier molecular flexibility index (Phi) is 3.31. The van der Waals surface area contributed by atoms with E-state index in [0.717, 1.165) is 4.68 Å². The number of fused-ring (bicyclic) bond motifs is 1. The number of benzene rings is 1. The lowest BCUT2D eigenvalue weighted by molar-refractivity contribution is 0.0964. The van der Waals surface area contributed by atoms with E-state index in [1.807, 2.05) is 0 Å². The summed E-state index contributed by atoms with van der Waals surface area (Å²) < 4.78 is 16.4. The molecule has 0 bridgehead atoms. The summed E-state index contributed by atoms with van der Waals surface area (Å²) in [5, 5.41) is 3.93. The molecule has 2 aromatic rings. The molecule has 108 valence electrons. The number of ketones is 1. The summed E-state index contributed by atoms with van der Waals surface area (Å²) in [5.41, 5.74) is 0.0562. The van der Waals surface area contributed by atoms with Gasteiger partial charge in [-0.1, -0.05) is 0 Å². The van der Waals surface area contributed by atoms with Gasteiger partial charge in [0.1, 0.15) is 6.54 Å². The molecule has 2 heterocycles. The molecule has 0 aliphatic carbocycles. The minimum absolute atomic E-state index is 0.143. The highest BCUT2D eigenvalue weighted by Gasteiger charge is 2.17. The fourth-order valence-corrected chi connectivity index (χ4v) is 1.95. The highest BCUT2D eigenvalue weighted by molar-refractivity contribution is 5.96. The van der Waals surface area contributed by atoms with E-state index in [1.165, 1.54) is 19.2 Å². The van der Waals surface area contributed by atoms with E-state index in [9.17, 15) is 9.59 Å². The maximum Gasteiger partial charge on any atom is 0.267 e. The van der Waals surface area contributed by atoms with Crippen LogP contribution in [0.15, 0.2) is 35.1 Å². The molecule has 0 N–H and O–H groups in total. The molecule has 0 saturated heterocycles. The van der Waals surface area contributed by atoms with Gasteiger partial charge in [-0.25, -0.2) is 4.68 Å². The molecule has 3 rings (SSSR count). The van der Waals surface area contributed by atoms with E-state index in [1.54, 1.807) is 18.2 Å². The molecule has 21 heavy (non-hydrogen) atoms. The number of carbonyl (C=O) groups excluding carboxylic acids is 1. The quantitative estimate of drug-likeness (QED) is 0.776. The van der Waals surface area contributed by atoms with E-state index in [0.29, 0.717) is 17.1 Å². The van der Waals surface area contributed by atoms with E-state index < -0.39 is 0 Å². The lowest BCUT2D eigenvalue weighted by Crippen LogP contribution is -2.26. The highest BCUT2D eigenvalue weighted by Crippen LogP contribution is 2.32. The van der Waals surface area contributed by atoms with Gasteiger partial charge in [-0.2, -0.15) is 0 Å². The van der Waals surface area contributed by atoms with Crippen molar-refractivity contribution >= 4 is 5.78 Å². The maximum atomic E-state index is 12.2. The number of methoxy groups -OCH3 is 1. The Bertz CT molecular complexity index is 753. The topological polar surface area (TPSA) is 79.7 Å². The summed E-state index contributed by atoms with van der Waals surface area (Å²) in [6.45, 7) is -0.0282. The van der Waals surface area contributed by atoms with Crippen LogP contribution in [-0.2, 0) is 6.54 Å².